The predicted octanol–water partition coefficient (Wildman–Crippen LogP) is 3.20. The van der Waals surface area contributed by atoms with Gasteiger partial charge in [0.1, 0.15) is 11.5 Å². The molecule has 1 aromatic heterocycles. The standard InChI is InChI=1S/C12H7F4NO/c13-9-3-1-7(2-4-9)8-5-10(12(14,15)16)17-11(18)6-8/h1-6H,(H,17,18). The van der Waals surface area contributed by atoms with E-state index in [1.54, 1.807) is 4.98 Å². The molecule has 1 N–H and O–H groups in total. The molecule has 0 unspecified atom stereocenters. The normalized spacial score (nSPS) is 11.6. The summed E-state index contributed by atoms with van der Waals surface area (Å²) in [5.74, 6) is -0.500. The minimum atomic E-state index is -4.63. The highest BCUT2D eigenvalue weighted by molar-refractivity contribution is 5.63. The van der Waals surface area contributed by atoms with Crippen molar-refractivity contribution in [1.29, 1.82) is 0 Å². The Kier molecular flexibility index (Phi) is 2.94. The van der Waals surface area contributed by atoms with Crippen molar-refractivity contribution in [2.75, 3.05) is 0 Å². The maximum Gasteiger partial charge on any atom is 0.431 e. The second-order valence-corrected chi connectivity index (χ2v) is 3.65. The van der Waals surface area contributed by atoms with Gasteiger partial charge in [0.15, 0.2) is 0 Å². The third-order valence-corrected chi connectivity index (χ3v) is 2.33. The molecule has 0 aliphatic heterocycles. The summed E-state index contributed by atoms with van der Waals surface area (Å²) in [7, 11) is 0. The van der Waals surface area contributed by atoms with Gasteiger partial charge < -0.3 is 4.98 Å². The molecule has 0 aliphatic rings. The van der Waals surface area contributed by atoms with Gasteiger partial charge in [-0.05, 0) is 29.3 Å². The van der Waals surface area contributed by atoms with E-state index >= 15 is 0 Å². The lowest BCUT2D eigenvalue weighted by Gasteiger charge is -2.08. The average molecular weight is 257 g/mol. The molecule has 94 valence electrons. The van der Waals surface area contributed by atoms with Gasteiger partial charge in [-0.25, -0.2) is 4.39 Å². The first-order valence-electron chi connectivity index (χ1n) is 4.94. The fraction of sp³-hybridized carbons (Fsp3) is 0.0833. The van der Waals surface area contributed by atoms with Gasteiger partial charge in [0, 0.05) is 6.07 Å². The van der Waals surface area contributed by atoms with E-state index in [1.807, 2.05) is 0 Å². The first-order valence-corrected chi connectivity index (χ1v) is 4.94. The second kappa shape index (κ2) is 4.29. The zero-order valence-corrected chi connectivity index (χ0v) is 8.88. The van der Waals surface area contributed by atoms with Crippen molar-refractivity contribution in [3.05, 3.63) is 58.3 Å². The van der Waals surface area contributed by atoms with Crippen molar-refractivity contribution in [3.8, 4) is 11.1 Å². The molecule has 0 spiro atoms. The molecule has 2 aromatic rings. The van der Waals surface area contributed by atoms with E-state index in [4.69, 9.17) is 0 Å². The number of H-pyrrole nitrogens is 1. The van der Waals surface area contributed by atoms with E-state index in [0.717, 1.165) is 24.3 Å². The molecule has 1 aromatic carbocycles. The zero-order valence-electron chi connectivity index (χ0n) is 8.88. The lowest BCUT2D eigenvalue weighted by Crippen LogP contribution is -2.15. The van der Waals surface area contributed by atoms with Crippen molar-refractivity contribution >= 4 is 0 Å². The van der Waals surface area contributed by atoms with Gasteiger partial charge in [-0.2, -0.15) is 13.2 Å². The Morgan fingerprint density at radius 1 is 0.944 bits per heavy atom. The fourth-order valence-electron chi connectivity index (χ4n) is 1.51. The largest absolute Gasteiger partial charge is 0.431 e. The lowest BCUT2D eigenvalue weighted by atomic mass is 10.1. The molecular formula is C12H7F4NO. The summed E-state index contributed by atoms with van der Waals surface area (Å²) in [6, 6.07) is 6.69. The van der Waals surface area contributed by atoms with E-state index in [2.05, 4.69) is 0 Å². The van der Waals surface area contributed by atoms with Gasteiger partial charge in [-0.15, -0.1) is 0 Å². The van der Waals surface area contributed by atoms with Gasteiger partial charge in [-0.1, -0.05) is 12.1 Å². The first kappa shape index (κ1) is 12.3. The van der Waals surface area contributed by atoms with E-state index in [9.17, 15) is 22.4 Å². The van der Waals surface area contributed by atoms with Gasteiger partial charge in [0.05, 0.1) is 0 Å². The predicted molar refractivity (Wildman–Crippen MR) is 57.5 cm³/mol. The third-order valence-electron chi connectivity index (χ3n) is 2.33. The Morgan fingerprint density at radius 2 is 1.56 bits per heavy atom. The number of halogens is 4. The van der Waals surface area contributed by atoms with Crippen LogP contribution in [0, 0.1) is 5.82 Å². The molecule has 0 aliphatic carbocycles. The Bertz CT molecular complexity index is 613. The SMILES string of the molecule is O=c1cc(-c2ccc(F)cc2)cc(C(F)(F)F)[nH]1. The molecule has 0 amide bonds. The number of hydrogen-bond acceptors (Lipinski definition) is 1. The third kappa shape index (κ3) is 2.58. The second-order valence-electron chi connectivity index (χ2n) is 3.65. The summed E-state index contributed by atoms with van der Waals surface area (Å²) in [5, 5.41) is 0. The summed E-state index contributed by atoms with van der Waals surface area (Å²) in [4.78, 5) is 12.9. The maximum absolute atomic E-state index is 12.7. The molecule has 0 saturated carbocycles. The van der Waals surface area contributed by atoms with Crippen LogP contribution in [0.25, 0.3) is 11.1 Å². The topological polar surface area (TPSA) is 32.9 Å². The quantitative estimate of drug-likeness (QED) is 0.782. The molecular weight excluding hydrogens is 250 g/mol. The Morgan fingerprint density at radius 3 is 2.11 bits per heavy atom. The monoisotopic (exact) mass is 257 g/mol. The molecule has 0 saturated heterocycles. The number of nitrogens with one attached hydrogen (secondary N) is 1. The van der Waals surface area contributed by atoms with Crippen molar-refractivity contribution in [2.24, 2.45) is 0 Å². The van der Waals surface area contributed by atoms with Crippen LogP contribution in [0.15, 0.2) is 41.2 Å². The van der Waals surface area contributed by atoms with Gasteiger partial charge in [0.2, 0.25) is 5.56 Å². The summed E-state index contributed by atoms with van der Waals surface area (Å²) in [6.07, 6.45) is -4.63. The van der Waals surface area contributed by atoms with E-state index < -0.39 is 23.2 Å². The molecule has 0 radical (unpaired) electrons. The van der Waals surface area contributed by atoms with Crippen molar-refractivity contribution in [3.63, 3.8) is 0 Å². The number of aromatic amines is 1. The number of rotatable bonds is 1. The van der Waals surface area contributed by atoms with Crippen LogP contribution in [-0.2, 0) is 6.18 Å². The Labute approximate surface area is 98.9 Å². The van der Waals surface area contributed by atoms with Crippen LogP contribution in [0.3, 0.4) is 0 Å². The highest BCUT2D eigenvalue weighted by Crippen LogP contribution is 2.29. The minimum absolute atomic E-state index is 0.0890. The molecule has 2 nitrogen and oxygen atoms in total. The molecule has 18 heavy (non-hydrogen) atoms. The first-order chi connectivity index (χ1) is 8.36. The van der Waals surface area contributed by atoms with Crippen LogP contribution in [0.1, 0.15) is 5.69 Å². The van der Waals surface area contributed by atoms with Crippen molar-refractivity contribution < 1.29 is 17.6 Å². The van der Waals surface area contributed by atoms with Crippen LogP contribution in [0.5, 0.6) is 0 Å². The summed E-state index contributed by atoms with van der Waals surface area (Å²) in [6.45, 7) is 0. The molecule has 1 heterocycles. The molecule has 6 heteroatoms. The molecule has 0 bridgehead atoms. The zero-order chi connectivity index (χ0) is 13.3. The number of alkyl halides is 3. The summed E-state index contributed by atoms with van der Waals surface area (Å²) in [5.41, 5.74) is -1.56. The maximum atomic E-state index is 12.7. The van der Waals surface area contributed by atoms with Crippen LogP contribution >= 0.6 is 0 Å². The number of benzene rings is 1. The van der Waals surface area contributed by atoms with Gasteiger partial charge >= 0.3 is 6.18 Å². The number of aromatic nitrogens is 1. The smallest absolute Gasteiger partial charge is 0.318 e. The van der Waals surface area contributed by atoms with Crippen molar-refractivity contribution in [2.45, 2.75) is 6.18 Å². The summed E-state index contributed by atoms with van der Waals surface area (Å²) < 4.78 is 50.2. The lowest BCUT2D eigenvalue weighted by molar-refractivity contribution is -0.141. The minimum Gasteiger partial charge on any atom is -0.318 e. The van der Waals surface area contributed by atoms with Crippen LogP contribution in [0.4, 0.5) is 17.6 Å². The van der Waals surface area contributed by atoms with Crippen molar-refractivity contribution in [1.82, 2.24) is 4.98 Å². The van der Waals surface area contributed by atoms with E-state index in [-0.39, 0.29) is 5.56 Å². The van der Waals surface area contributed by atoms with E-state index in [0.29, 0.717) is 5.56 Å². The Balaban J connectivity index is 2.55. The highest BCUT2D eigenvalue weighted by atomic mass is 19.4. The molecule has 0 fully saturated rings. The number of hydrogen-bond donors (Lipinski definition) is 1. The fourth-order valence-corrected chi connectivity index (χ4v) is 1.51. The average Bonchev–Trinajstić information content (AvgIpc) is 2.28. The van der Waals surface area contributed by atoms with Crippen LogP contribution < -0.4 is 5.56 Å². The highest BCUT2D eigenvalue weighted by Gasteiger charge is 2.32. The van der Waals surface area contributed by atoms with Gasteiger partial charge in [-0.3, -0.25) is 4.79 Å². The molecule has 2 rings (SSSR count). The van der Waals surface area contributed by atoms with Crippen LogP contribution in [-0.4, -0.2) is 4.98 Å². The molecule has 0 atom stereocenters. The van der Waals surface area contributed by atoms with Crippen LogP contribution in [0.2, 0.25) is 0 Å². The summed E-state index contributed by atoms with van der Waals surface area (Å²) >= 11 is 0. The number of pyridine rings is 1. The van der Waals surface area contributed by atoms with E-state index in [1.165, 1.54) is 12.1 Å². The Hall–Kier alpha value is -2.11. The van der Waals surface area contributed by atoms with Gasteiger partial charge in [0.25, 0.3) is 0 Å².